The lowest BCUT2D eigenvalue weighted by molar-refractivity contribution is 0.702. The molecule has 0 nitrogen and oxygen atoms in total. The Hall–Kier alpha value is -1.82. The van der Waals surface area contributed by atoms with Crippen molar-refractivity contribution in [3.8, 4) is 0 Å². The first-order chi connectivity index (χ1) is 17.0. The van der Waals surface area contributed by atoms with Crippen LogP contribution in [0.5, 0.6) is 0 Å². The Bertz CT molecular complexity index is 394. The lowest BCUT2D eigenvalue weighted by Crippen LogP contribution is -1.66. The molecule has 0 heterocycles. The van der Waals surface area contributed by atoms with Crippen LogP contribution in [0.3, 0.4) is 0 Å². The highest BCUT2D eigenvalue weighted by molar-refractivity contribution is 4.99. The smallest absolute Gasteiger partial charge is 0.0353 e. The zero-order valence-corrected chi connectivity index (χ0v) is 26.4. The molecule has 0 N–H and O–H groups in total. The highest BCUT2D eigenvalue weighted by Gasteiger charge is 1.75. The zero-order valence-electron chi connectivity index (χ0n) is 26.4. The van der Waals surface area contributed by atoms with E-state index in [1.165, 1.54) is 51.4 Å². The Morgan fingerprint density at radius 3 is 0.714 bits per heavy atom. The fraction of sp³-hybridized carbons (Fsp3) is 0.600. The number of allylic oxidation sites excluding steroid dienone is 14. The molecule has 0 unspecified atom stereocenters. The summed E-state index contributed by atoms with van der Waals surface area (Å²) in [7, 11) is 0. The number of rotatable bonds is 10. The molecule has 0 atom stereocenters. The van der Waals surface area contributed by atoms with Crippen molar-refractivity contribution in [1.29, 1.82) is 0 Å². The molecule has 0 aliphatic heterocycles. The van der Waals surface area contributed by atoms with E-state index in [9.17, 15) is 0 Å². The van der Waals surface area contributed by atoms with Gasteiger partial charge in [-0.3, -0.25) is 0 Å². The average molecular weight is 489 g/mol. The van der Waals surface area contributed by atoms with Gasteiger partial charge < -0.3 is 0 Å². The maximum Gasteiger partial charge on any atom is -0.0353 e. The highest BCUT2D eigenvalue weighted by atomic mass is 13.8. The van der Waals surface area contributed by atoms with Crippen LogP contribution in [-0.4, -0.2) is 0 Å². The van der Waals surface area contributed by atoms with Crippen LogP contribution in [0.2, 0.25) is 0 Å². The third kappa shape index (κ3) is 127. The quantitative estimate of drug-likeness (QED) is 0.163. The average Bonchev–Trinajstić information content (AvgIpc) is 2.89. The van der Waals surface area contributed by atoms with Gasteiger partial charge in [-0.05, 0) is 67.7 Å². The fourth-order valence-corrected chi connectivity index (χ4v) is 1.85. The third-order valence-electron chi connectivity index (χ3n) is 3.80. The second kappa shape index (κ2) is 69.7. The summed E-state index contributed by atoms with van der Waals surface area (Å²) >= 11 is 0. The lowest BCUT2D eigenvalue weighted by atomic mass is 10.2. The van der Waals surface area contributed by atoms with Crippen LogP contribution < -0.4 is 0 Å². The molecule has 0 radical (unpaired) electrons. The van der Waals surface area contributed by atoms with Crippen molar-refractivity contribution in [1.82, 2.24) is 0 Å². The first-order valence-corrected chi connectivity index (χ1v) is 14.3. The van der Waals surface area contributed by atoms with Gasteiger partial charge in [0.05, 0.1) is 0 Å². The molecule has 0 aliphatic carbocycles. The van der Waals surface area contributed by atoms with Crippen molar-refractivity contribution in [2.75, 3.05) is 0 Å². The first kappa shape index (κ1) is 46.5. The van der Waals surface area contributed by atoms with Gasteiger partial charge in [0.2, 0.25) is 0 Å². The molecule has 0 saturated heterocycles. The summed E-state index contributed by atoms with van der Waals surface area (Å²) in [5.41, 5.74) is 0. The van der Waals surface area contributed by atoms with E-state index in [4.69, 9.17) is 0 Å². The van der Waals surface area contributed by atoms with Crippen LogP contribution in [0.15, 0.2) is 85.1 Å². The number of hydrogen-bond acceptors (Lipinski definition) is 0. The monoisotopic (exact) mass is 489 g/mol. The highest BCUT2D eigenvalue weighted by Crippen LogP contribution is 1.95. The molecule has 35 heavy (non-hydrogen) atoms. The van der Waals surface area contributed by atoms with E-state index >= 15 is 0 Å². The summed E-state index contributed by atoms with van der Waals surface area (Å²) < 4.78 is 0. The van der Waals surface area contributed by atoms with Crippen molar-refractivity contribution < 1.29 is 0 Å². The van der Waals surface area contributed by atoms with Gasteiger partial charge in [-0.15, -0.1) is 0 Å². The van der Waals surface area contributed by atoms with Crippen LogP contribution in [0, 0.1) is 0 Å². The van der Waals surface area contributed by atoms with Gasteiger partial charge in [0.15, 0.2) is 0 Å². The van der Waals surface area contributed by atoms with Crippen LogP contribution in [0.4, 0.5) is 0 Å². The lowest BCUT2D eigenvalue weighted by Gasteiger charge is -1.86. The molecule has 0 heteroatoms. The van der Waals surface area contributed by atoms with Crippen molar-refractivity contribution in [2.45, 2.75) is 141 Å². The summed E-state index contributed by atoms with van der Waals surface area (Å²) in [5, 5.41) is 0. The number of hydrogen-bond donors (Lipinski definition) is 0. The molecule has 0 fully saturated rings. The molecular weight excluding hydrogens is 420 g/mol. The van der Waals surface area contributed by atoms with E-state index in [2.05, 4.69) is 84.9 Å². The minimum Gasteiger partial charge on any atom is -0.0917 e. The minimum atomic E-state index is 1.16. The Morgan fingerprint density at radius 1 is 0.343 bits per heavy atom. The van der Waals surface area contributed by atoms with E-state index in [0.29, 0.717) is 0 Å². The fourth-order valence-electron chi connectivity index (χ4n) is 1.85. The standard InChI is InChI=1S/C6H14.2C6H12.2C6H10.C5H10/c5*1-3-5-6-4-2;1-3-5-4-2/h3-6H2,1-2H3;2*3,5H,4,6H2,1-2H3;2*3-6H,1-2H3;3,5H,4H2,1-2H3. The molecule has 208 valence electrons. The summed E-state index contributed by atoms with van der Waals surface area (Å²) in [5.74, 6) is 0. The van der Waals surface area contributed by atoms with E-state index in [-0.39, 0.29) is 0 Å². The Kier molecular flexibility index (Phi) is 92.7. The first-order valence-electron chi connectivity index (χ1n) is 14.3. The minimum absolute atomic E-state index is 1.16. The predicted octanol–water partition coefficient (Wildman–Crippen LogP) is 13.6. The Balaban J connectivity index is -0.0000000722. The maximum absolute atomic E-state index is 2.23. The molecule has 0 aromatic heterocycles. The van der Waals surface area contributed by atoms with Gasteiger partial charge >= 0.3 is 0 Å². The zero-order chi connectivity index (χ0) is 28.3. The van der Waals surface area contributed by atoms with Crippen LogP contribution in [0.25, 0.3) is 0 Å². The molecule has 0 aromatic rings. The SMILES string of the molecule is CC=CC=CC.CC=CC=CC.CC=CCC.CC=CCCC.CC=CCCC.CCCCCC. The van der Waals surface area contributed by atoms with Gasteiger partial charge in [-0.1, -0.05) is 158 Å². The largest absolute Gasteiger partial charge is 0.0917 e. The molecule has 0 aliphatic rings. The molecule has 0 amide bonds. The van der Waals surface area contributed by atoms with Crippen molar-refractivity contribution >= 4 is 0 Å². The van der Waals surface area contributed by atoms with E-state index in [1.807, 2.05) is 83.2 Å². The molecule has 0 aromatic carbocycles. The van der Waals surface area contributed by atoms with Crippen molar-refractivity contribution in [2.24, 2.45) is 0 Å². The van der Waals surface area contributed by atoms with Gasteiger partial charge in [0.25, 0.3) is 0 Å². The molecular formula is C35H68. The van der Waals surface area contributed by atoms with Gasteiger partial charge in [0.1, 0.15) is 0 Å². The second-order valence-electron chi connectivity index (χ2n) is 7.50. The summed E-state index contributed by atoms with van der Waals surface area (Å²) in [6.45, 7) is 25.1. The summed E-state index contributed by atoms with van der Waals surface area (Å²) in [4.78, 5) is 0. The van der Waals surface area contributed by atoms with Gasteiger partial charge in [-0.2, -0.15) is 0 Å². The molecule has 0 spiro atoms. The topological polar surface area (TPSA) is 0 Å². The van der Waals surface area contributed by atoms with Gasteiger partial charge in [-0.25, -0.2) is 0 Å². The third-order valence-corrected chi connectivity index (χ3v) is 3.80. The van der Waals surface area contributed by atoms with E-state index in [1.54, 1.807) is 0 Å². The molecule has 0 saturated carbocycles. The molecule has 0 rings (SSSR count). The summed E-state index contributed by atoms with van der Waals surface area (Å²) in [6, 6.07) is 0. The van der Waals surface area contributed by atoms with Crippen LogP contribution in [0.1, 0.15) is 141 Å². The van der Waals surface area contributed by atoms with Crippen molar-refractivity contribution in [3.05, 3.63) is 85.1 Å². The second-order valence-corrected chi connectivity index (χ2v) is 7.50. The van der Waals surface area contributed by atoms with Crippen molar-refractivity contribution in [3.63, 3.8) is 0 Å². The Labute approximate surface area is 225 Å². The normalized spacial score (nSPS) is 10.5. The van der Waals surface area contributed by atoms with Crippen LogP contribution in [-0.2, 0) is 0 Å². The van der Waals surface area contributed by atoms with Crippen LogP contribution >= 0.6 is 0 Å². The Morgan fingerprint density at radius 2 is 0.629 bits per heavy atom. The predicted molar refractivity (Wildman–Crippen MR) is 174 cm³/mol. The maximum atomic E-state index is 2.23. The number of unbranched alkanes of at least 4 members (excludes halogenated alkanes) is 5. The summed E-state index contributed by atoms with van der Waals surface area (Å²) in [6.07, 6.45) is 40.4. The molecule has 0 bridgehead atoms. The van der Waals surface area contributed by atoms with Gasteiger partial charge in [0, 0.05) is 0 Å². The van der Waals surface area contributed by atoms with E-state index in [0.717, 1.165) is 6.42 Å². The van der Waals surface area contributed by atoms with E-state index < -0.39 is 0 Å².